The first-order valence-electron chi connectivity index (χ1n) is 4.89. The molecule has 0 N–H and O–H groups in total. The maximum Gasteiger partial charge on any atom is 0.306 e. The second-order valence-electron chi connectivity index (χ2n) is 3.43. The van der Waals surface area contributed by atoms with Crippen molar-refractivity contribution in [2.24, 2.45) is 0 Å². The van der Waals surface area contributed by atoms with E-state index in [1.165, 1.54) is 7.11 Å². The van der Waals surface area contributed by atoms with E-state index in [2.05, 4.69) is 25.7 Å². The summed E-state index contributed by atoms with van der Waals surface area (Å²) < 4.78 is 5.62. The average Bonchev–Trinajstić information content (AvgIpc) is 2.23. The van der Waals surface area contributed by atoms with Gasteiger partial charge in [-0.15, -0.1) is 11.8 Å². The van der Waals surface area contributed by atoms with Crippen molar-refractivity contribution in [3.63, 3.8) is 0 Å². The Morgan fingerprint density at radius 3 is 2.88 bits per heavy atom. The Bertz CT molecular complexity index is 384. The number of carbonyl (C=O) groups is 1. The van der Waals surface area contributed by atoms with Gasteiger partial charge in [0.2, 0.25) is 0 Å². The zero-order chi connectivity index (χ0) is 12.1. The van der Waals surface area contributed by atoms with Gasteiger partial charge < -0.3 is 4.74 Å². The largest absolute Gasteiger partial charge is 0.469 e. The van der Waals surface area contributed by atoms with Crippen LogP contribution in [0.3, 0.4) is 0 Å². The molecule has 1 aromatic rings. The van der Waals surface area contributed by atoms with Crippen LogP contribution in [0.5, 0.6) is 0 Å². The number of aromatic nitrogens is 1. The number of pyridine rings is 1. The molecular weight excluding hydrogens is 290 g/mol. The normalized spacial score (nSPS) is 12.2. The number of ether oxygens (including phenoxy) is 1. The van der Waals surface area contributed by atoms with Crippen LogP contribution >= 0.6 is 27.7 Å². The van der Waals surface area contributed by atoms with Crippen LogP contribution in [0.25, 0.3) is 0 Å². The zero-order valence-corrected chi connectivity index (χ0v) is 11.9. The Balaban J connectivity index is 2.59. The quantitative estimate of drug-likeness (QED) is 0.632. The summed E-state index contributed by atoms with van der Waals surface area (Å²) >= 11 is 4.98. The van der Waals surface area contributed by atoms with Crippen molar-refractivity contribution in [1.29, 1.82) is 0 Å². The Hall–Kier alpha value is -0.550. The van der Waals surface area contributed by atoms with Gasteiger partial charge in [0.25, 0.3) is 0 Å². The molecule has 16 heavy (non-hydrogen) atoms. The molecule has 0 aromatic carbocycles. The van der Waals surface area contributed by atoms with Crippen LogP contribution in [0.15, 0.2) is 21.6 Å². The van der Waals surface area contributed by atoms with Crippen molar-refractivity contribution in [3.05, 3.63) is 22.3 Å². The molecule has 1 atom stereocenters. The fraction of sp³-hybridized carbons (Fsp3) is 0.455. The van der Waals surface area contributed by atoms with Gasteiger partial charge in [0.1, 0.15) is 0 Å². The second kappa shape index (κ2) is 6.25. The first-order valence-corrected chi connectivity index (χ1v) is 6.57. The topological polar surface area (TPSA) is 39.2 Å². The van der Waals surface area contributed by atoms with Crippen molar-refractivity contribution in [1.82, 2.24) is 4.98 Å². The Morgan fingerprint density at radius 1 is 1.62 bits per heavy atom. The van der Waals surface area contributed by atoms with Gasteiger partial charge in [0.15, 0.2) is 0 Å². The smallest absolute Gasteiger partial charge is 0.306 e. The highest BCUT2D eigenvalue weighted by atomic mass is 79.9. The van der Waals surface area contributed by atoms with Gasteiger partial charge in [-0.05, 0) is 35.0 Å². The Kier molecular flexibility index (Phi) is 5.28. The highest BCUT2D eigenvalue weighted by molar-refractivity contribution is 9.10. The van der Waals surface area contributed by atoms with Crippen molar-refractivity contribution < 1.29 is 9.53 Å². The number of methoxy groups -OCH3 is 1. The minimum atomic E-state index is -0.186. The Labute approximate surface area is 108 Å². The number of nitrogens with zero attached hydrogens (tertiary/aromatic N) is 1. The van der Waals surface area contributed by atoms with Crippen molar-refractivity contribution in [2.45, 2.75) is 30.5 Å². The predicted octanol–water partition coefficient (Wildman–Crippen LogP) is 3.20. The van der Waals surface area contributed by atoms with Gasteiger partial charge in [-0.3, -0.25) is 4.79 Å². The van der Waals surface area contributed by atoms with E-state index in [-0.39, 0.29) is 11.2 Å². The number of rotatable bonds is 4. The predicted molar refractivity (Wildman–Crippen MR) is 68.6 cm³/mol. The lowest BCUT2D eigenvalue weighted by atomic mass is 10.3. The van der Waals surface area contributed by atoms with Crippen LogP contribution in [-0.2, 0) is 9.53 Å². The van der Waals surface area contributed by atoms with Gasteiger partial charge in [-0.25, -0.2) is 4.98 Å². The van der Waals surface area contributed by atoms with Crippen molar-refractivity contribution in [2.75, 3.05) is 7.11 Å². The standard InChI is InChI=1S/C11H14BrNO2S/c1-7(6-11(14)15-3)16-10-5-4-9(12)8(2)13-10/h4-5,7H,6H2,1-3H3. The highest BCUT2D eigenvalue weighted by Crippen LogP contribution is 2.25. The lowest BCUT2D eigenvalue weighted by molar-refractivity contribution is -0.140. The monoisotopic (exact) mass is 303 g/mol. The maximum atomic E-state index is 11.1. The van der Waals surface area contributed by atoms with Gasteiger partial charge in [0.05, 0.1) is 24.3 Å². The summed E-state index contributed by atoms with van der Waals surface area (Å²) in [7, 11) is 1.40. The lowest BCUT2D eigenvalue weighted by Crippen LogP contribution is -2.08. The van der Waals surface area contributed by atoms with Crippen LogP contribution in [0, 0.1) is 6.92 Å². The highest BCUT2D eigenvalue weighted by Gasteiger charge is 2.11. The minimum absolute atomic E-state index is 0.167. The number of halogens is 1. The van der Waals surface area contributed by atoms with E-state index in [4.69, 9.17) is 0 Å². The van der Waals surface area contributed by atoms with Gasteiger partial charge >= 0.3 is 5.97 Å². The fourth-order valence-corrected chi connectivity index (χ4v) is 2.34. The maximum absolute atomic E-state index is 11.1. The number of hydrogen-bond acceptors (Lipinski definition) is 4. The summed E-state index contributed by atoms with van der Waals surface area (Å²) in [6, 6.07) is 3.91. The molecule has 0 radical (unpaired) electrons. The van der Waals surface area contributed by atoms with Gasteiger partial charge in [-0.1, -0.05) is 6.92 Å². The van der Waals surface area contributed by atoms with Gasteiger partial charge in [0, 0.05) is 9.72 Å². The molecule has 88 valence electrons. The van der Waals surface area contributed by atoms with Crippen molar-refractivity contribution in [3.8, 4) is 0 Å². The van der Waals surface area contributed by atoms with Crippen LogP contribution in [0.4, 0.5) is 0 Å². The van der Waals surface area contributed by atoms with E-state index in [1.54, 1.807) is 11.8 Å². The number of aryl methyl sites for hydroxylation is 1. The molecule has 0 bridgehead atoms. The number of carbonyl (C=O) groups excluding carboxylic acids is 1. The summed E-state index contributed by atoms with van der Waals surface area (Å²) in [5.41, 5.74) is 0.954. The van der Waals surface area contributed by atoms with E-state index in [0.717, 1.165) is 15.2 Å². The molecular formula is C11H14BrNO2S. The summed E-state index contributed by atoms with van der Waals surface area (Å²) in [5.74, 6) is -0.186. The molecule has 0 aliphatic carbocycles. The lowest BCUT2D eigenvalue weighted by Gasteiger charge is -2.09. The molecule has 1 heterocycles. The third-order valence-corrected chi connectivity index (χ3v) is 3.88. The number of esters is 1. The Morgan fingerprint density at radius 2 is 2.31 bits per heavy atom. The summed E-state index contributed by atoms with van der Waals surface area (Å²) in [5, 5.41) is 1.10. The number of thioether (sulfide) groups is 1. The second-order valence-corrected chi connectivity index (χ2v) is 5.74. The molecule has 0 saturated heterocycles. The van der Waals surface area contributed by atoms with Gasteiger partial charge in [-0.2, -0.15) is 0 Å². The molecule has 1 rings (SSSR count). The van der Waals surface area contributed by atoms with E-state index >= 15 is 0 Å². The number of hydrogen-bond donors (Lipinski definition) is 0. The molecule has 3 nitrogen and oxygen atoms in total. The zero-order valence-electron chi connectivity index (χ0n) is 9.49. The molecule has 0 saturated carbocycles. The molecule has 0 amide bonds. The molecule has 0 aliphatic rings. The summed E-state index contributed by atoms with van der Waals surface area (Å²) in [4.78, 5) is 15.5. The summed E-state index contributed by atoms with van der Waals surface area (Å²) in [6.45, 7) is 3.93. The molecule has 1 unspecified atom stereocenters. The first-order chi connectivity index (χ1) is 7.52. The van der Waals surface area contributed by atoms with Crippen molar-refractivity contribution >= 4 is 33.7 Å². The molecule has 0 fully saturated rings. The summed E-state index contributed by atoms with van der Waals surface area (Å²) in [6.07, 6.45) is 0.401. The molecule has 0 aliphatic heterocycles. The SMILES string of the molecule is COC(=O)CC(C)Sc1ccc(Br)c(C)n1. The first kappa shape index (κ1) is 13.5. The van der Waals surface area contributed by atoms with E-state index in [1.807, 2.05) is 26.0 Å². The minimum Gasteiger partial charge on any atom is -0.469 e. The fourth-order valence-electron chi connectivity index (χ4n) is 1.15. The third kappa shape index (κ3) is 4.14. The van der Waals surface area contributed by atoms with E-state index in [0.29, 0.717) is 6.42 Å². The van der Waals surface area contributed by atoms with Crippen LogP contribution in [-0.4, -0.2) is 23.3 Å². The van der Waals surface area contributed by atoms with Crippen LogP contribution in [0.1, 0.15) is 19.0 Å². The third-order valence-electron chi connectivity index (χ3n) is 2.00. The van der Waals surface area contributed by atoms with E-state index < -0.39 is 0 Å². The molecule has 1 aromatic heterocycles. The van der Waals surface area contributed by atoms with Crippen LogP contribution in [0.2, 0.25) is 0 Å². The molecule has 5 heteroatoms. The van der Waals surface area contributed by atoms with Crippen LogP contribution < -0.4 is 0 Å². The average molecular weight is 304 g/mol. The molecule has 0 spiro atoms. The van der Waals surface area contributed by atoms with E-state index in [9.17, 15) is 4.79 Å².